The number of benzene rings is 2. The lowest BCUT2D eigenvalue weighted by Gasteiger charge is -2.13. The number of carbonyl (C=O) groups excluding carboxylic acids is 1. The van der Waals surface area contributed by atoms with Gasteiger partial charge in [-0.25, -0.2) is 4.98 Å². The van der Waals surface area contributed by atoms with Crippen molar-refractivity contribution >= 4 is 28.1 Å². The zero-order valence-electron chi connectivity index (χ0n) is 16.7. The first-order chi connectivity index (χ1) is 14.4. The fourth-order valence-corrected chi connectivity index (χ4v) is 3.50. The van der Waals surface area contributed by atoms with Crippen molar-refractivity contribution in [1.29, 1.82) is 0 Å². The van der Waals surface area contributed by atoms with Gasteiger partial charge in [0.15, 0.2) is 5.13 Å². The number of anilines is 1. The molecule has 3 rings (SSSR count). The van der Waals surface area contributed by atoms with E-state index >= 15 is 0 Å². The van der Waals surface area contributed by atoms with E-state index in [0.717, 1.165) is 17.9 Å². The molecule has 0 radical (unpaired) electrons. The molecule has 1 heterocycles. The zero-order valence-corrected chi connectivity index (χ0v) is 17.5. The first kappa shape index (κ1) is 21.4. The normalized spacial score (nSPS) is 10.8. The van der Waals surface area contributed by atoms with Crippen LogP contribution in [-0.2, 0) is 11.2 Å². The highest BCUT2D eigenvalue weighted by Gasteiger charge is 2.17. The molecule has 156 valence electrons. The number of nitro benzene ring substituents is 1. The highest BCUT2D eigenvalue weighted by molar-refractivity contribution is 7.14. The molecule has 0 aliphatic rings. The topological polar surface area (TPSA) is 97.6 Å². The molecule has 3 aromatic rings. The first-order valence-electron chi connectivity index (χ1n) is 9.28. The number of para-hydroxylation sites is 2. The van der Waals surface area contributed by atoms with Crippen molar-refractivity contribution in [2.75, 3.05) is 32.6 Å². The van der Waals surface area contributed by atoms with Crippen LogP contribution in [0.4, 0.5) is 10.8 Å². The molecular weight excluding hydrogens is 404 g/mol. The molecule has 1 aromatic heterocycles. The number of hydrogen-bond donors (Lipinski definition) is 1. The maximum absolute atomic E-state index is 12.4. The molecule has 0 unspecified atom stereocenters. The zero-order chi connectivity index (χ0) is 21.5. The van der Waals surface area contributed by atoms with E-state index < -0.39 is 4.92 Å². The molecule has 0 fully saturated rings. The summed E-state index contributed by atoms with van der Waals surface area (Å²) in [5.74, 6) is 0.364. The second kappa shape index (κ2) is 9.95. The predicted octanol–water partition coefficient (Wildman–Crippen LogP) is 3.84. The molecule has 0 aliphatic heterocycles. The van der Waals surface area contributed by atoms with Crippen LogP contribution in [0, 0.1) is 10.1 Å². The Labute approximate surface area is 178 Å². The van der Waals surface area contributed by atoms with Crippen molar-refractivity contribution in [3.63, 3.8) is 0 Å². The summed E-state index contributed by atoms with van der Waals surface area (Å²) < 4.78 is 5.88. The Balaban J connectivity index is 1.69. The molecule has 1 amide bonds. The Morgan fingerprint density at radius 3 is 2.70 bits per heavy atom. The third kappa shape index (κ3) is 5.62. The molecule has 0 spiro atoms. The van der Waals surface area contributed by atoms with Crippen LogP contribution >= 0.6 is 11.3 Å². The number of carbonyl (C=O) groups is 1. The van der Waals surface area contributed by atoms with Gasteiger partial charge in [0.05, 0.1) is 17.0 Å². The number of nitrogens with one attached hydrogen (secondary N) is 1. The van der Waals surface area contributed by atoms with E-state index in [-0.39, 0.29) is 18.0 Å². The van der Waals surface area contributed by atoms with Gasteiger partial charge in [-0.05, 0) is 26.2 Å². The van der Waals surface area contributed by atoms with Gasteiger partial charge in [-0.1, -0.05) is 30.3 Å². The lowest BCUT2D eigenvalue weighted by atomic mass is 10.1. The summed E-state index contributed by atoms with van der Waals surface area (Å²) in [7, 11) is 3.96. The average molecular weight is 426 g/mol. The number of ether oxygens (including phenoxy) is 1. The van der Waals surface area contributed by atoms with Crippen molar-refractivity contribution in [2.24, 2.45) is 0 Å². The average Bonchev–Trinajstić information content (AvgIpc) is 3.16. The van der Waals surface area contributed by atoms with Gasteiger partial charge >= 0.3 is 0 Å². The van der Waals surface area contributed by atoms with Crippen LogP contribution in [0.2, 0.25) is 0 Å². The molecule has 0 saturated carbocycles. The van der Waals surface area contributed by atoms with Gasteiger partial charge < -0.3 is 15.0 Å². The number of nitrogens with zero attached hydrogens (tertiary/aromatic N) is 3. The Hall–Kier alpha value is -3.30. The number of nitro groups is 1. The van der Waals surface area contributed by atoms with E-state index in [4.69, 9.17) is 4.74 Å². The summed E-state index contributed by atoms with van der Waals surface area (Å²) in [5, 5.41) is 16.1. The molecule has 2 aromatic carbocycles. The van der Waals surface area contributed by atoms with Crippen LogP contribution in [0.15, 0.2) is 53.9 Å². The minimum absolute atomic E-state index is 0.0729. The van der Waals surface area contributed by atoms with Crippen LogP contribution in [-0.4, -0.2) is 48.0 Å². The second-order valence-electron chi connectivity index (χ2n) is 6.80. The molecule has 0 atom stereocenters. The number of hydrogen-bond acceptors (Lipinski definition) is 7. The molecule has 0 bridgehead atoms. The van der Waals surface area contributed by atoms with Gasteiger partial charge in [0.1, 0.15) is 12.4 Å². The van der Waals surface area contributed by atoms with Gasteiger partial charge in [-0.15, -0.1) is 11.3 Å². The molecular formula is C21H22N4O4S. The van der Waals surface area contributed by atoms with Crippen molar-refractivity contribution in [3.8, 4) is 17.0 Å². The molecule has 8 nitrogen and oxygen atoms in total. The minimum atomic E-state index is -0.489. The van der Waals surface area contributed by atoms with E-state index in [0.29, 0.717) is 23.0 Å². The Bertz CT molecular complexity index is 1040. The fourth-order valence-electron chi connectivity index (χ4n) is 2.77. The van der Waals surface area contributed by atoms with Gasteiger partial charge in [-0.3, -0.25) is 14.9 Å². The highest BCUT2D eigenvalue weighted by Crippen LogP contribution is 2.32. The van der Waals surface area contributed by atoms with Crippen LogP contribution in [0.1, 0.15) is 5.56 Å². The molecule has 0 aliphatic carbocycles. The standard InChI is InChI=1S/C21H22N4O4S/c1-24(2)11-12-29-19-10-6-4-8-16(19)17-14-30-21(22-17)23-20(26)13-15-7-3-5-9-18(15)25(27)28/h3-10,14H,11-13H2,1-2H3,(H,22,23,26). The van der Waals surface area contributed by atoms with Gasteiger partial charge in [0.2, 0.25) is 5.91 Å². The van der Waals surface area contributed by atoms with Crippen molar-refractivity contribution in [3.05, 3.63) is 69.6 Å². The highest BCUT2D eigenvalue weighted by atomic mass is 32.1. The SMILES string of the molecule is CN(C)CCOc1ccccc1-c1csc(NC(=O)Cc2ccccc2[N+](=O)[O-])n1. The van der Waals surface area contributed by atoms with Gasteiger partial charge in [0, 0.05) is 29.1 Å². The Kier molecular flexibility index (Phi) is 7.10. The summed E-state index contributed by atoms with van der Waals surface area (Å²) in [6.45, 7) is 1.34. The van der Waals surface area contributed by atoms with E-state index in [9.17, 15) is 14.9 Å². The number of likely N-dealkylation sites (N-methyl/N-ethyl adjacent to an activating group) is 1. The Morgan fingerprint density at radius 1 is 1.20 bits per heavy atom. The summed E-state index contributed by atoms with van der Waals surface area (Å²) in [6.07, 6.45) is -0.101. The molecule has 30 heavy (non-hydrogen) atoms. The number of thiazole rings is 1. The van der Waals surface area contributed by atoms with Gasteiger partial charge in [-0.2, -0.15) is 0 Å². The Morgan fingerprint density at radius 2 is 1.93 bits per heavy atom. The van der Waals surface area contributed by atoms with E-state index in [1.54, 1.807) is 18.2 Å². The number of amides is 1. The quantitative estimate of drug-likeness (QED) is 0.412. The fraction of sp³-hybridized carbons (Fsp3) is 0.238. The summed E-state index contributed by atoms with van der Waals surface area (Å²) >= 11 is 1.29. The molecule has 1 N–H and O–H groups in total. The van der Waals surface area contributed by atoms with Crippen molar-refractivity contribution in [1.82, 2.24) is 9.88 Å². The second-order valence-corrected chi connectivity index (χ2v) is 7.65. The lowest BCUT2D eigenvalue weighted by Crippen LogP contribution is -2.19. The minimum Gasteiger partial charge on any atom is -0.492 e. The van der Waals surface area contributed by atoms with E-state index in [2.05, 4.69) is 10.3 Å². The van der Waals surface area contributed by atoms with Crippen LogP contribution < -0.4 is 10.1 Å². The number of rotatable bonds is 9. The maximum Gasteiger partial charge on any atom is 0.273 e. The molecule has 9 heteroatoms. The molecule has 0 saturated heterocycles. The first-order valence-corrected chi connectivity index (χ1v) is 10.2. The third-order valence-electron chi connectivity index (χ3n) is 4.25. The monoisotopic (exact) mass is 426 g/mol. The summed E-state index contributed by atoms with van der Waals surface area (Å²) in [4.78, 5) is 29.5. The smallest absolute Gasteiger partial charge is 0.273 e. The predicted molar refractivity (Wildman–Crippen MR) is 117 cm³/mol. The van der Waals surface area contributed by atoms with Gasteiger partial charge in [0.25, 0.3) is 5.69 Å². The summed E-state index contributed by atoms with van der Waals surface area (Å²) in [6, 6.07) is 13.8. The van der Waals surface area contributed by atoms with Crippen LogP contribution in [0.25, 0.3) is 11.3 Å². The number of aromatic nitrogens is 1. The maximum atomic E-state index is 12.4. The van der Waals surface area contributed by atoms with E-state index in [1.807, 2.05) is 48.6 Å². The lowest BCUT2D eigenvalue weighted by molar-refractivity contribution is -0.385. The summed E-state index contributed by atoms with van der Waals surface area (Å²) in [5.41, 5.74) is 1.82. The van der Waals surface area contributed by atoms with Crippen molar-refractivity contribution < 1.29 is 14.5 Å². The van der Waals surface area contributed by atoms with Crippen LogP contribution in [0.5, 0.6) is 5.75 Å². The third-order valence-corrected chi connectivity index (χ3v) is 5.01. The van der Waals surface area contributed by atoms with E-state index in [1.165, 1.54) is 17.4 Å². The van der Waals surface area contributed by atoms with Crippen molar-refractivity contribution in [2.45, 2.75) is 6.42 Å². The van der Waals surface area contributed by atoms with Crippen LogP contribution in [0.3, 0.4) is 0 Å². The largest absolute Gasteiger partial charge is 0.492 e.